The van der Waals surface area contributed by atoms with E-state index in [1.54, 1.807) is 0 Å². The molecule has 2 rings (SSSR count). The van der Waals surface area contributed by atoms with Crippen LogP contribution in [0.25, 0.3) is 0 Å². The molecule has 2 aliphatic rings. The zero-order valence-electron chi connectivity index (χ0n) is 36.4. The average Bonchev–Trinajstić information content (AvgIpc) is 3.11. The van der Waals surface area contributed by atoms with E-state index < -0.39 is 0 Å². The number of likely N-dealkylation sites (tertiary alicyclic amines) is 1. The Morgan fingerprint density at radius 1 is 0.551 bits per heavy atom. The first-order valence-corrected chi connectivity index (χ1v) is 22.6. The van der Waals surface area contributed by atoms with Crippen LogP contribution in [0.3, 0.4) is 0 Å². The molecule has 4 heteroatoms. The van der Waals surface area contributed by atoms with Gasteiger partial charge in [-0.1, -0.05) is 217 Å². The molecule has 0 aromatic carbocycles. The average molecular weight is 715 g/mol. The van der Waals surface area contributed by atoms with Crippen LogP contribution in [-0.4, -0.2) is 47.2 Å². The van der Waals surface area contributed by atoms with Crippen molar-refractivity contribution >= 4 is 16.8 Å². The minimum absolute atomic E-state index is 0.758. The Hall–Kier alpha value is -0.540. The van der Waals surface area contributed by atoms with Crippen molar-refractivity contribution in [3.05, 3.63) is 11.9 Å². The van der Waals surface area contributed by atoms with Gasteiger partial charge in [-0.3, -0.25) is 0 Å². The van der Waals surface area contributed by atoms with Crippen LogP contribution < -0.4 is 0 Å². The van der Waals surface area contributed by atoms with Gasteiger partial charge in [0.2, 0.25) is 0 Å². The number of aliphatic imine (C=N–C) groups is 1. The molecule has 3 nitrogen and oxygen atoms in total. The molecule has 2 heterocycles. The van der Waals surface area contributed by atoms with Crippen molar-refractivity contribution in [3.63, 3.8) is 0 Å². The quantitative estimate of drug-likeness (QED) is 0.117. The molecule has 1 saturated heterocycles. The molecular weight excluding hydrogens is 618 g/mol. The smallest absolute Gasteiger partial charge is 0.125 e. The number of allylic oxidation sites excluding steroid dienone is 1. The maximum absolute atomic E-state index is 6.18. The highest BCUT2D eigenvalue weighted by atomic mass is 35.5. The summed E-state index contributed by atoms with van der Waals surface area (Å²) in [6, 6.07) is 0.758. The van der Waals surface area contributed by atoms with Crippen LogP contribution in [0.15, 0.2) is 16.9 Å². The standard InChI is InChI=1S/C28H52ClN3.2C4H10.3C3H8/c1-3-5-7-8-9-10-11-12-13-14-15-16-23-31(22-6-4-2)26-20-24-32(25-21-26)28-19-17-18-27(29)30-28;2*1-3-4-2;3*1-3-2/h19,26H,3-18,20-25H2,1-2H3;2*3-4H2,1-2H3;3*3H2,1-2H3. The molecule has 1 fully saturated rings. The number of unbranched alkanes of at least 4 members (excludes halogenated alkanes) is 14. The van der Waals surface area contributed by atoms with Crippen LogP contribution in [-0.2, 0) is 0 Å². The zero-order valence-corrected chi connectivity index (χ0v) is 37.1. The van der Waals surface area contributed by atoms with Crippen LogP contribution in [0.5, 0.6) is 0 Å². The zero-order chi connectivity index (χ0) is 37.8. The largest absolute Gasteiger partial charge is 0.357 e. The lowest BCUT2D eigenvalue weighted by molar-refractivity contribution is 0.119. The highest BCUT2D eigenvalue weighted by molar-refractivity contribution is 6.65. The van der Waals surface area contributed by atoms with E-state index in [-0.39, 0.29) is 0 Å². The van der Waals surface area contributed by atoms with Gasteiger partial charge in [-0.2, -0.15) is 0 Å². The molecule has 2 aliphatic heterocycles. The third-order valence-corrected chi connectivity index (χ3v) is 8.59. The molecule has 0 bridgehead atoms. The fourth-order valence-corrected chi connectivity index (χ4v) is 5.40. The summed E-state index contributed by atoms with van der Waals surface area (Å²) in [4.78, 5) is 9.87. The number of halogens is 1. The Morgan fingerprint density at radius 3 is 1.29 bits per heavy atom. The number of piperidine rings is 1. The van der Waals surface area contributed by atoms with Crippen LogP contribution in [0.1, 0.15) is 244 Å². The van der Waals surface area contributed by atoms with Crippen molar-refractivity contribution in [2.45, 2.75) is 250 Å². The summed E-state index contributed by atoms with van der Waals surface area (Å²) in [5.74, 6) is 1.13. The number of hydrogen-bond donors (Lipinski definition) is 0. The fraction of sp³-hybridized carbons (Fsp3) is 0.933. The summed E-state index contributed by atoms with van der Waals surface area (Å²) in [6.07, 6.45) is 35.6. The Kier molecular flexibility index (Phi) is 55.9. The predicted octanol–water partition coefficient (Wildman–Crippen LogP) is 16.4. The summed E-state index contributed by atoms with van der Waals surface area (Å²) < 4.78 is 0. The van der Waals surface area contributed by atoms with E-state index in [0.717, 1.165) is 43.0 Å². The van der Waals surface area contributed by atoms with Crippen molar-refractivity contribution < 1.29 is 0 Å². The first kappa shape index (κ1) is 55.2. The van der Waals surface area contributed by atoms with Crippen molar-refractivity contribution in [2.24, 2.45) is 4.99 Å². The molecule has 0 atom stereocenters. The molecule has 0 N–H and O–H groups in total. The van der Waals surface area contributed by atoms with Crippen molar-refractivity contribution in [2.75, 3.05) is 26.2 Å². The lowest BCUT2D eigenvalue weighted by Gasteiger charge is -2.40. The van der Waals surface area contributed by atoms with Gasteiger partial charge >= 0.3 is 0 Å². The second-order valence-corrected chi connectivity index (χ2v) is 14.6. The fourth-order valence-electron chi connectivity index (χ4n) is 5.20. The molecule has 0 aliphatic carbocycles. The maximum Gasteiger partial charge on any atom is 0.125 e. The topological polar surface area (TPSA) is 18.8 Å². The number of rotatable bonds is 20. The SMILES string of the molecule is CCC.CCC.CCC.CCCC.CCCC.CCCCCCCCCCCCCCN(CCCC)C1CCN(C2=CCCC(Cl)=N2)CC1. The summed E-state index contributed by atoms with van der Waals surface area (Å²) in [5.41, 5.74) is 0. The Balaban J connectivity index is -0.000000496. The Morgan fingerprint density at radius 2 is 0.918 bits per heavy atom. The van der Waals surface area contributed by atoms with E-state index >= 15 is 0 Å². The van der Waals surface area contributed by atoms with Crippen LogP contribution in [0, 0.1) is 0 Å². The molecule has 0 radical (unpaired) electrons. The van der Waals surface area contributed by atoms with Gasteiger partial charge in [0, 0.05) is 25.6 Å². The van der Waals surface area contributed by atoms with Gasteiger partial charge in [-0.05, 0) is 51.3 Å². The summed E-state index contributed by atoms with van der Waals surface area (Å²) in [6.45, 7) is 30.9. The minimum atomic E-state index is 0.758. The van der Waals surface area contributed by atoms with Gasteiger partial charge in [-0.25, -0.2) is 4.99 Å². The monoisotopic (exact) mass is 714 g/mol. The van der Waals surface area contributed by atoms with E-state index in [1.807, 2.05) is 0 Å². The van der Waals surface area contributed by atoms with Gasteiger partial charge < -0.3 is 9.80 Å². The number of nitrogens with zero attached hydrogens (tertiary/aromatic N) is 3. The molecule has 0 amide bonds. The third-order valence-electron chi connectivity index (χ3n) is 8.32. The normalized spacial score (nSPS) is 13.9. The van der Waals surface area contributed by atoms with Crippen LogP contribution in [0.2, 0.25) is 0 Å². The molecule has 298 valence electrons. The summed E-state index contributed by atoms with van der Waals surface area (Å²) in [7, 11) is 0. The Bertz CT molecular complexity index is 612. The third kappa shape index (κ3) is 43.5. The highest BCUT2D eigenvalue weighted by Gasteiger charge is 2.25. The summed E-state index contributed by atoms with van der Waals surface area (Å²) in [5, 5.41) is 0.779. The van der Waals surface area contributed by atoms with Gasteiger partial charge in [-0.15, -0.1) is 0 Å². The number of hydrogen-bond acceptors (Lipinski definition) is 3. The Labute approximate surface area is 318 Å². The maximum atomic E-state index is 6.18. The van der Waals surface area contributed by atoms with E-state index in [9.17, 15) is 0 Å². The molecule has 0 aromatic rings. The van der Waals surface area contributed by atoms with Gasteiger partial charge in [0.15, 0.2) is 0 Å². The van der Waals surface area contributed by atoms with Gasteiger partial charge in [0.1, 0.15) is 11.0 Å². The van der Waals surface area contributed by atoms with E-state index in [1.165, 1.54) is 161 Å². The van der Waals surface area contributed by atoms with Crippen molar-refractivity contribution in [3.8, 4) is 0 Å². The molecular formula is C45H96ClN3. The second kappa shape index (κ2) is 49.6. The predicted molar refractivity (Wildman–Crippen MR) is 232 cm³/mol. The molecule has 0 aromatic heterocycles. The lowest BCUT2D eigenvalue weighted by Crippen LogP contribution is -2.45. The van der Waals surface area contributed by atoms with Gasteiger partial charge in [0.25, 0.3) is 0 Å². The minimum Gasteiger partial charge on any atom is -0.357 e. The summed E-state index contributed by atoms with van der Waals surface area (Å²) >= 11 is 6.18. The van der Waals surface area contributed by atoms with Gasteiger partial charge in [0.05, 0.1) is 0 Å². The molecule has 0 saturated carbocycles. The molecule has 0 spiro atoms. The van der Waals surface area contributed by atoms with E-state index in [2.05, 4.69) is 104 Å². The lowest BCUT2D eigenvalue weighted by atomic mass is 10.0. The van der Waals surface area contributed by atoms with Crippen molar-refractivity contribution in [1.29, 1.82) is 0 Å². The van der Waals surface area contributed by atoms with Crippen LogP contribution >= 0.6 is 11.6 Å². The molecule has 0 unspecified atom stereocenters. The van der Waals surface area contributed by atoms with Crippen molar-refractivity contribution in [1.82, 2.24) is 9.80 Å². The second-order valence-electron chi connectivity index (χ2n) is 14.2. The van der Waals surface area contributed by atoms with E-state index in [4.69, 9.17) is 11.6 Å². The highest BCUT2D eigenvalue weighted by Crippen LogP contribution is 2.24. The first-order chi connectivity index (χ1) is 23.8. The van der Waals surface area contributed by atoms with E-state index in [0.29, 0.717) is 0 Å². The molecule has 49 heavy (non-hydrogen) atoms. The first-order valence-electron chi connectivity index (χ1n) is 22.2. The van der Waals surface area contributed by atoms with Crippen LogP contribution in [0.4, 0.5) is 0 Å².